The Morgan fingerprint density at radius 2 is 2.00 bits per heavy atom. The van der Waals surface area contributed by atoms with Crippen LogP contribution in [0, 0.1) is 0 Å². The van der Waals surface area contributed by atoms with Crippen LogP contribution < -0.4 is 0 Å². The molecule has 1 aromatic rings. The second-order valence-corrected chi connectivity index (χ2v) is 4.41. The van der Waals surface area contributed by atoms with E-state index in [1.165, 1.54) is 0 Å². The molecule has 0 saturated carbocycles. The van der Waals surface area contributed by atoms with Crippen LogP contribution in [0.3, 0.4) is 0 Å². The third-order valence-electron chi connectivity index (χ3n) is 2.39. The molecule has 16 heavy (non-hydrogen) atoms. The van der Waals surface area contributed by atoms with Crippen molar-refractivity contribution in [3.8, 4) is 5.75 Å². The molecule has 0 aromatic heterocycles. The zero-order valence-corrected chi connectivity index (χ0v) is 10.6. The molecule has 0 aliphatic heterocycles. The number of phenolic OH excluding ortho intramolecular Hbond substituents is 1. The average Bonchev–Trinajstić information content (AvgIpc) is 2.25. The predicted octanol–water partition coefficient (Wildman–Crippen LogP) is 3.99. The van der Waals surface area contributed by atoms with E-state index in [1.54, 1.807) is 19.1 Å². The lowest BCUT2D eigenvalue weighted by Gasteiger charge is -2.18. The van der Waals surface area contributed by atoms with Gasteiger partial charge in [0.2, 0.25) is 0 Å². The summed E-state index contributed by atoms with van der Waals surface area (Å²) < 4.78 is 5.63. The smallest absolute Gasteiger partial charge is 0.157 e. The molecule has 88 valence electrons. The number of aromatic hydroxyl groups is 1. The van der Waals surface area contributed by atoms with E-state index in [0.717, 1.165) is 24.8 Å². The summed E-state index contributed by atoms with van der Waals surface area (Å²) in [6.45, 7) is 3.94. The fourth-order valence-electron chi connectivity index (χ4n) is 1.57. The molecule has 1 atom stereocenters. The van der Waals surface area contributed by atoms with Crippen LogP contribution in [0.25, 0.3) is 0 Å². The van der Waals surface area contributed by atoms with E-state index in [1.807, 2.05) is 12.1 Å². The number of phenols is 1. The first-order valence-electron chi connectivity index (χ1n) is 5.59. The average molecular weight is 238 g/mol. The monoisotopic (exact) mass is 238 g/mol. The summed E-state index contributed by atoms with van der Waals surface area (Å²) in [5.74, 6) is 0.275. The van der Waals surface area contributed by atoms with Gasteiger partial charge in [-0.1, -0.05) is 25.5 Å². The summed E-state index contributed by atoms with van der Waals surface area (Å²) in [6.07, 6.45) is 3.20. The van der Waals surface area contributed by atoms with Gasteiger partial charge in [-0.05, 0) is 42.8 Å². The van der Waals surface area contributed by atoms with Gasteiger partial charge in [0.05, 0.1) is 0 Å². The number of ether oxygens (including phenoxy) is 1. The van der Waals surface area contributed by atoms with Crippen molar-refractivity contribution in [2.24, 2.45) is 0 Å². The number of hydrogen-bond acceptors (Lipinski definition) is 3. The van der Waals surface area contributed by atoms with Crippen molar-refractivity contribution in [2.45, 2.75) is 39.2 Å². The molecule has 0 bridgehead atoms. The molecule has 0 saturated heterocycles. The maximum Gasteiger partial charge on any atom is 0.157 e. The summed E-state index contributed by atoms with van der Waals surface area (Å²) in [6, 6.07) is 7.12. The van der Waals surface area contributed by atoms with Crippen molar-refractivity contribution in [1.82, 2.24) is 0 Å². The molecule has 0 aliphatic rings. The SMILES string of the molecule is CCCCC(OC(C)=S)c1ccc(O)cc1. The quantitative estimate of drug-likeness (QED) is 0.787. The van der Waals surface area contributed by atoms with Crippen molar-refractivity contribution in [2.75, 3.05) is 0 Å². The minimum Gasteiger partial charge on any atom is -0.508 e. The number of thiocarbonyl (C=S) groups is 1. The molecule has 0 fully saturated rings. The van der Waals surface area contributed by atoms with Crippen LogP contribution in [-0.2, 0) is 4.74 Å². The van der Waals surface area contributed by atoms with Crippen LogP contribution in [0.2, 0.25) is 0 Å². The molecule has 0 aliphatic carbocycles. The molecule has 0 spiro atoms. The molecular formula is C13H18O2S. The van der Waals surface area contributed by atoms with Crippen molar-refractivity contribution >= 4 is 17.3 Å². The first-order valence-corrected chi connectivity index (χ1v) is 6.00. The Bertz CT molecular complexity index is 332. The highest BCUT2D eigenvalue weighted by atomic mass is 32.1. The zero-order chi connectivity index (χ0) is 12.0. The van der Waals surface area contributed by atoms with Crippen LogP contribution in [0.5, 0.6) is 5.75 Å². The minimum absolute atomic E-state index is 0.0121. The van der Waals surface area contributed by atoms with E-state index >= 15 is 0 Å². The number of benzene rings is 1. The standard InChI is InChI=1S/C13H18O2S/c1-3-4-5-13(15-10(2)16)11-6-8-12(14)9-7-11/h6-9,13-14H,3-5H2,1-2H3. The van der Waals surface area contributed by atoms with Crippen LogP contribution in [0.15, 0.2) is 24.3 Å². The molecule has 0 heterocycles. The number of hydrogen-bond donors (Lipinski definition) is 1. The number of unbranched alkanes of at least 4 members (excludes halogenated alkanes) is 1. The van der Waals surface area contributed by atoms with Gasteiger partial charge in [-0.2, -0.15) is 0 Å². The van der Waals surface area contributed by atoms with Crippen molar-refractivity contribution in [3.63, 3.8) is 0 Å². The topological polar surface area (TPSA) is 29.5 Å². The highest BCUT2D eigenvalue weighted by molar-refractivity contribution is 7.80. The summed E-state index contributed by atoms with van der Waals surface area (Å²) in [7, 11) is 0. The van der Waals surface area contributed by atoms with Gasteiger partial charge in [0.1, 0.15) is 11.9 Å². The van der Waals surface area contributed by atoms with E-state index in [2.05, 4.69) is 6.92 Å². The third-order valence-corrected chi connectivity index (χ3v) is 2.49. The largest absolute Gasteiger partial charge is 0.508 e. The molecule has 1 aromatic carbocycles. The Kier molecular flexibility index (Phi) is 5.26. The third kappa shape index (κ3) is 4.19. The summed E-state index contributed by atoms with van der Waals surface area (Å²) in [5.41, 5.74) is 1.07. The molecular weight excluding hydrogens is 220 g/mol. The maximum atomic E-state index is 9.23. The van der Waals surface area contributed by atoms with E-state index in [9.17, 15) is 5.11 Å². The molecule has 0 amide bonds. The van der Waals surface area contributed by atoms with Gasteiger partial charge in [0.25, 0.3) is 0 Å². The van der Waals surface area contributed by atoms with E-state index in [-0.39, 0.29) is 11.9 Å². The first-order chi connectivity index (χ1) is 7.63. The fourth-order valence-corrected chi connectivity index (χ4v) is 1.69. The second-order valence-electron chi connectivity index (χ2n) is 3.83. The van der Waals surface area contributed by atoms with Crippen molar-refractivity contribution < 1.29 is 9.84 Å². The Morgan fingerprint density at radius 3 is 2.50 bits per heavy atom. The van der Waals surface area contributed by atoms with Gasteiger partial charge in [-0.15, -0.1) is 0 Å². The summed E-state index contributed by atoms with van der Waals surface area (Å²) in [4.78, 5) is 0. The Labute approximate surface area is 102 Å². The molecule has 1 rings (SSSR count). The maximum absolute atomic E-state index is 9.23. The van der Waals surface area contributed by atoms with Crippen molar-refractivity contribution in [1.29, 1.82) is 0 Å². The van der Waals surface area contributed by atoms with Crippen LogP contribution in [-0.4, -0.2) is 10.2 Å². The lowest BCUT2D eigenvalue weighted by molar-refractivity contribution is 0.182. The Hall–Kier alpha value is -1.09. The fraction of sp³-hybridized carbons (Fsp3) is 0.462. The van der Waals surface area contributed by atoms with Crippen LogP contribution in [0.1, 0.15) is 44.8 Å². The second kappa shape index (κ2) is 6.48. The first kappa shape index (κ1) is 13.0. The lowest BCUT2D eigenvalue weighted by Crippen LogP contribution is -2.07. The van der Waals surface area contributed by atoms with Crippen LogP contribution >= 0.6 is 12.2 Å². The minimum atomic E-state index is 0.0121. The molecule has 1 N–H and O–H groups in total. The Balaban J connectivity index is 2.74. The van der Waals surface area contributed by atoms with E-state index in [4.69, 9.17) is 17.0 Å². The summed E-state index contributed by atoms with van der Waals surface area (Å²) >= 11 is 4.98. The van der Waals surface area contributed by atoms with Gasteiger partial charge in [-0.3, -0.25) is 0 Å². The molecule has 3 heteroatoms. The van der Waals surface area contributed by atoms with E-state index < -0.39 is 0 Å². The molecule has 1 unspecified atom stereocenters. The highest BCUT2D eigenvalue weighted by Gasteiger charge is 2.12. The predicted molar refractivity (Wildman–Crippen MR) is 69.7 cm³/mol. The Morgan fingerprint density at radius 1 is 1.38 bits per heavy atom. The lowest BCUT2D eigenvalue weighted by atomic mass is 10.0. The van der Waals surface area contributed by atoms with Gasteiger partial charge in [0, 0.05) is 6.92 Å². The number of rotatable bonds is 5. The highest BCUT2D eigenvalue weighted by Crippen LogP contribution is 2.25. The van der Waals surface area contributed by atoms with Gasteiger partial charge >= 0.3 is 0 Å². The molecule has 0 radical (unpaired) electrons. The normalized spacial score (nSPS) is 12.1. The summed E-state index contributed by atoms with van der Waals surface area (Å²) in [5, 5.41) is 9.79. The van der Waals surface area contributed by atoms with Gasteiger partial charge in [-0.25, -0.2) is 0 Å². The van der Waals surface area contributed by atoms with Gasteiger partial charge < -0.3 is 9.84 Å². The van der Waals surface area contributed by atoms with E-state index in [0.29, 0.717) is 5.05 Å². The van der Waals surface area contributed by atoms with Crippen LogP contribution in [0.4, 0.5) is 0 Å². The van der Waals surface area contributed by atoms with Crippen molar-refractivity contribution in [3.05, 3.63) is 29.8 Å². The molecule has 2 nitrogen and oxygen atoms in total. The zero-order valence-electron chi connectivity index (χ0n) is 9.77. The van der Waals surface area contributed by atoms with Gasteiger partial charge in [0.15, 0.2) is 5.05 Å².